The predicted octanol–water partition coefficient (Wildman–Crippen LogP) is 2.99. The SMILES string of the molecule is COc1cc(OC)c(C(c2ccc(F)cc2F)N2CCNCC2)cc1OC. The maximum Gasteiger partial charge on any atom is 0.164 e. The maximum absolute atomic E-state index is 14.7. The molecule has 0 saturated carbocycles. The van der Waals surface area contributed by atoms with Gasteiger partial charge in [0, 0.05) is 49.4 Å². The van der Waals surface area contributed by atoms with Crippen LogP contribution < -0.4 is 19.5 Å². The molecule has 2 aromatic rings. The van der Waals surface area contributed by atoms with E-state index in [-0.39, 0.29) is 0 Å². The maximum atomic E-state index is 14.7. The number of nitrogens with zero attached hydrogens (tertiary/aromatic N) is 1. The van der Waals surface area contributed by atoms with Crippen molar-refractivity contribution in [1.82, 2.24) is 10.2 Å². The largest absolute Gasteiger partial charge is 0.496 e. The minimum absolute atomic E-state index is 0.392. The summed E-state index contributed by atoms with van der Waals surface area (Å²) < 4.78 is 44.6. The lowest BCUT2D eigenvalue weighted by molar-refractivity contribution is 0.191. The van der Waals surface area contributed by atoms with Gasteiger partial charge in [-0.15, -0.1) is 0 Å². The van der Waals surface area contributed by atoms with Crippen molar-refractivity contribution in [2.45, 2.75) is 6.04 Å². The average Bonchev–Trinajstić information content (AvgIpc) is 2.70. The first kappa shape index (κ1) is 19.4. The Morgan fingerprint density at radius 2 is 1.48 bits per heavy atom. The molecule has 2 aromatic carbocycles. The summed E-state index contributed by atoms with van der Waals surface area (Å²) in [4.78, 5) is 2.15. The summed E-state index contributed by atoms with van der Waals surface area (Å²) in [6.07, 6.45) is 0. The average molecular weight is 378 g/mol. The van der Waals surface area contributed by atoms with Crippen LogP contribution in [0.3, 0.4) is 0 Å². The summed E-state index contributed by atoms with van der Waals surface area (Å²) in [6.45, 7) is 3.02. The second-order valence-electron chi connectivity index (χ2n) is 6.30. The van der Waals surface area contributed by atoms with E-state index in [0.29, 0.717) is 22.8 Å². The number of nitrogens with one attached hydrogen (secondary N) is 1. The molecule has 1 saturated heterocycles. The molecule has 0 radical (unpaired) electrons. The molecule has 27 heavy (non-hydrogen) atoms. The van der Waals surface area contributed by atoms with E-state index < -0.39 is 17.7 Å². The Labute approximate surface area is 157 Å². The molecule has 1 atom stereocenters. The molecular weight excluding hydrogens is 354 g/mol. The van der Waals surface area contributed by atoms with Crippen LogP contribution in [0.15, 0.2) is 30.3 Å². The Morgan fingerprint density at radius 3 is 2.07 bits per heavy atom. The van der Waals surface area contributed by atoms with Gasteiger partial charge in [-0.1, -0.05) is 6.07 Å². The molecule has 0 spiro atoms. The number of ether oxygens (including phenoxy) is 3. The van der Waals surface area contributed by atoms with Crippen LogP contribution in [-0.4, -0.2) is 52.4 Å². The van der Waals surface area contributed by atoms with E-state index in [2.05, 4.69) is 10.2 Å². The summed E-state index contributed by atoms with van der Waals surface area (Å²) in [5.74, 6) is 0.414. The highest BCUT2D eigenvalue weighted by atomic mass is 19.1. The van der Waals surface area contributed by atoms with Crippen LogP contribution >= 0.6 is 0 Å². The Morgan fingerprint density at radius 1 is 0.852 bits per heavy atom. The van der Waals surface area contributed by atoms with Gasteiger partial charge in [0.05, 0.1) is 27.4 Å². The van der Waals surface area contributed by atoms with Gasteiger partial charge in [0.25, 0.3) is 0 Å². The molecule has 1 aliphatic heterocycles. The topological polar surface area (TPSA) is 43.0 Å². The van der Waals surface area contributed by atoms with Crippen molar-refractivity contribution in [3.05, 3.63) is 53.1 Å². The molecule has 146 valence electrons. The van der Waals surface area contributed by atoms with Gasteiger partial charge >= 0.3 is 0 Å². The second kappa shape index (κ2) is 8.54. The monoisotopic (exact) mass is 378 g/mol. The van der Waals surface area contributed by atoms with Crippen LogP contribution in [0.1, 0.15) is 17.2 Å². The number of methoxy groups -OCH3 is 3. The number of piperazine rings is 1. The molecule has 0 aliphatic carbocycles. The van der Waals surface area contributed by atoms with Crippen LogP contribution in [0.2, 0.25) is 0 Å². The zero-order valence-electron chi connectivity index (χ0n) is 15.7. The van der Waals surface area contributed by atoms with Crippen molar-refractivity contribution >= 4 is 0 Å². The van der Waals surface area contributed by atoms with Crippen LogP contribution in [0.4, 0.5) is 8.78 Å². The summed E-state index contributed by atoms with van der Waals surface area (Å²) in [7, 11) is 4.65. The zero-order chi connectivity index (χ0) is 19.4. The molecule has 1 unspecified atom stereocenters. The van der Waals surface area contributed by atoms with E-state index in [1.165, 1.54) is 12.1 Å². The number of benzene rings is 2. The van der Waals surface area contributed by atoms with Gasteiger partial charge < -0.3 is 19.5 Å². The summed E-state index contributed by atoms with van der Waals surface area (Å²) in [5, 5.41) is 3.29. The molecule has 0 amide bonds. The molecule has 3 rings (SSSR count). The number of hydrogen-bond acceptors (Lipinski definition) is 5. The van der Waals surface area contributed by atoms with Crippen molar-refractivity contribution in [3.63, 3.8) is 0 Å². The van der Waals surface area contributed by atoms with Crippen molar-refractivity contribution in [1.29, 1.82) is 0 Å². The fraction of sp³-hybridized carbons (Fsp3) is 0.400. The Balaban J connectivity index is 2.18. The summed E-state index contributed by atoms with van der Waals surface area (Å²) >= 11 is 0. The van der Waals surface area contributed by atoms with E-state index in [0.717, 1.165) is 37.8 Å². The first-order valence-electron chi connectivity index (χ1n) is 8.78. The van der Waals surface area contributed by atoms with Crippen LogP contribution in [0, 0.1) is 11.6 Å². The van der Waals surface area contributed by atoms with Gasteiger partial charge in [0.1, 0.15) is 17.4 Å². The van der Waals surface area contributed by atoms with E-state index in [1.54, 1.807) is 33.5 Å². The molecule has 1 heterocycles. The first-order valence-corrected chi connectivity index (χ1v) is 8.78. The van der Waals surface area contributed by atoms with Crippen LogP contribution in [0.5, 0.6) is 17.2 Å². The molecule has 1 N–H and O–H groups in total. The Bertz CT molecular complexity index is 795. The van der Waals surface area contributed by atoms with Crippen molar-refractivity contribution in [2.24, 2.45) is 0 Å². The van der Waals surface area contributed by atoms with Crippen LogP contribution in [-0.2, 0) is 0 Å². The van der Waals surface area contributed by atoms with Crippen LogP contribution in [0.25, 0.3) is 0 Å². The molecule has 0 aromatic heterocycles. The predicted molar refractivity (Wildman–Crippen MR) is 98.7 cm³/mol. The third-order valence-corrected chi connectivity index (χ3v) is 4.80. The normalized spacial score (nSPS) is 16.0. The smallest absolute Gasteiger partial charge is 0.164 e. The van der Waals surface area contributed by atoms with Gasteiger partial charge in [0.2, 0.25) is 0 Å². The molecule has 0 bridgehead atoms. The lowest BCUT2D eigenvalue weighted by Crippen LogP contribution is -2.45. The van der Waals surface area contributed by atoms with Crippen molar-refractivity contribution in [3.8, 4) is 17.2 Å². The van der Waals surface area contributed by atoms with E-state index >= 15 is 0 Å². The Hall–Kier alpha value is -2.38. The van der Waals surface area contributed by atoms with Gasteiger partial charge in [-0.3, -0.25) is 4.90 Å². The molecule has 5 nitrogen and oxygen atoms in total. The molecule has 7 heteroatoms. The van der Waals surface area contributed by atoms with E-state index in [1.807, 2.05) is 0 Å². The minimum Gasteiger partial charge on any atom is -0.496 e. The van der Waals surface area contributed by atoms with Crippen molar-refractivity contribution < 1.29 is 23.0 Å². The minimum atomic E-state index is -0.602. The number of halogens is 2. The quantitative estimate of drug-likeness (QED) is 0.837. The first-order chi connectivity index (χ1) is 13.1. The third-order valence-electron chi connectivity index (χ3n) is 4.80. The number of hydrogen-bond donors (Lipinski definition) is 1. The highest BCUT2D eigenvalue weighted by Gasteiger charge is 2.30. The summed E-state index contributed by atoms with van der Waals surface area (Å²) in [6, 6.07) is 6.77. The highest BCUT2D eigenvalue weighted by Crippen LogP contribution is 2.42. The zero-order valence-corrected chi connectivity index (χ0v) is 15.7. The number of rotatable bonds is 6. The van der Waals surface area contributed by atoms with Gasteiger partial charge in [0.15, 0.2) is 11.5 Å². The van der Waals surface area contributed by atoms with Gasteiger partial charge in [-0.2, -0.15) is 0 Å². The molecule has 1 aliphatic rings. The second-order valence-corrected chi connectivity index (χ2v) is 6.30. The third kappa shape index (κ3) is 3.99. The lowest BCUT2D eigenvalue weighted by atomic mass is 9.94. The van der Waals surface area contributed by atoms with E-state index in [4.69, 9.17) is 14.2 Å². The fourth-order valence-electron chi connectivity index (χ4n) is 3.49. The van der Waals surface area contributed by atoms with Gasteiger partial charge in [-0.05, 0) is 12.1 Å². The Kier molecular flexibility index (Phi) is 6.13. The van der Waals surface area contributed by atoms with E-state index in [9.17, 15) is 8.78 Å². The standard InChI is InChI=1S/C20H24F2N2O3/c1-25-17-12-19(27-3)18(26-2)11-15(17)20(24-8-6-23-7-9-24)14-5-4-13(21)10-16(14)22/h4-5,10-12,20,23H,6-9H2,1-3H3. The van der Waals surface area contributed by atoms with Gasteiger partial charge in [-0.25, -0.2) is 8.78 Å². The highest BCUT2D eigenvalue weighted by molar-refractivity contribution is 5.54. The molecular formula is C20H24F2N2O3. The molecule has 1 fully saturated rings. The fourth-order valence-corrected chi connectivity index (χ4v) is 3.49. The summed E-state index contributed by atoms with van der Waals surface area (Å²) in [5.41, 5.74) is 1.13. The lowest BCUT2D eigenvalue weighted by Gasteiger charge is -2.36. The van der Waals surface area contributed by atoms with Crippen molar-refractivity contribution in [2.75, 3.05) is 47.5 Å².